The van der Waals surface area contributed by atoms with Crippen molar-refractivity contribution in [1.82, 2.24) is 34.4 Å². The molecule has 0 saturated carbocycles. The van der Waals surface area contributed by atoms with Gasteiger partial charge in [0.25, 0.3) is 5.95 Å². The van der Waals surface area contributed by atoms with E-state index in [4.69, 9.17) is 12.2 Å². The summed E-state index contributed by atoms with van der Waals surface area (Å²) in [6, 6.07) is 12.0. The summed E-state index contributed by atoms with van der Waals surface area (Å²) in [4.78, 5) is 0. The van der Waals surface area contributed by atoms with Gasteiger partial charge in [0.05, 0.1) is 29.0 Å². The van der Waals surface area contributed by atoms with Gasteiger partial charge in [-0.1, -0.05) is 18.2 Å². The standard InChI is InChI=1S/C19H20N8S/c1-12-10-13(2)25(23-12)18-21-22-19(28)27(18)20-11-17-14(3)24-26(15(17)4)16-8-6-5-7-9-16/h5-11H,1-4H3,(H,22,28)/b20-11+. The molecule has 0 spiro atoms. The number of hydrogen-bond donors (Lipinski definition) is 1. The second kappa shape index (κ2) is 7.01. The second-order valence-corrected chi connectivity index (χ2v) is 6.94. The number of para-hydroxylation sites is 1. The first-order chi connectivity index (χ1) is 13.5. The van der Waals surface area contributed by atoms with Crippen molar-refractivity contribution in [3.05, 3.63) is 69.5 Å². The summed E-state index contributed by atoms with van der Waals surface area (Å²) in [6.07, 6.45) is 1.76. The van der Waals surface area contributed by atoms with E-state index in [1.165, 1.54) is 0 Å². The molecule has 0 aliphatic heterocycles. The third-order valence-electron chi connectivity index (χ3n) is 4.48. The molecule has 0 radical (unpaired) electrons. The summed E-state index contributed by atoms with van der Waals surface area (Å²) < 4.78 is 5.58. The van der Waals surface area contributed by atoms with Crippen molar-refractivity contribution in [2.45, 2.75) is 27.7 Å². The fourth-order valence-electron chi connectivity index (χ4n) is 3.13. The van der Waals surface area contributed by atoms with Crippen LogP contribution in [0.1, 0.15) is 28.3 Å². The lowest BCUT2D eigenvalue weighted by atomic mass is 10.2. The number of H-pyrrole nitrogens is 1. The van der Waals surface area contributed by atoms with E-state index in [0.717, 1.165) is 34.0 Å². The Labute approximate surface area is 167 Å². The Morgan fingerprint density at radius 1 is 1.04 bits per heavy atom. The molecule has 0 saturated heterocycles. The van der Waals surface area contributed by atoms with Crippen molar-refractivity contribution in [1.29, 1.82) is 0 Å². The van der Waals surface area contributed by atoms with Crippen molar-refractivity contribution in [3.8, 4) is 11.6 Å². The molecule has 142 valence electrons. The van der Waals surface area contributed by atoms with Gasteiger partial charge in [0.2, 0.25) is 4.77 Å². The molecule has 0 aliphatic rings. The first-order valence-electron chi connectivity index (χ1n) is 8.83. The van der Waals surface area contributed by atoms with E-state index < -0.39 is 0 Å². The second-order valence-electron chi connectivity index (χ2n) is 6.56. The normalized spacial score (nSPS) is 11.6. The number of nitrogens with zero attached hydrogens (tertiary/aromatic N) is 7. The Morgan fingerprint density at radius 2 is 1.79 bits per heavy atom. The van der Waals surface area contributed by atoms with Gasteiger partial charge in [0.1, 0.15) is 0 Å². The van der Waals surface area contributed by atoms with Crippen LogP contribution in [0.3, 0.4) is 0 Å². The molecule has 1 N–H and O–H groups in total. The summed E-state index contributed by atoms with van der Waals surface area (Å²) in [5.74, 6) is 0.512. The molecule has 28 heavy (non-hydrogen) atoms. The van der Waals surface area contributed by atoms with Gasteiger partial charge in [-0.15, -0.1) is 5.10 Å². The van der Waals surface area contributed by atoms with E-state index in [0.29, 0.717) is 10.7 Å². The lowest BCUT2D eigenvalue weighted by Gasteiger charge is -2.04. The van der Waals surface area contributed by atoms with Crippen molar-refractivity contribution >= 4 is 18.4 Å². The van der Waals surface area contributed by atoms with Crippen LogP contribution < -0.4 is 0 Å². The lowest BCUT2D eigenvalue weighted by molar-refractivity contribution is 0.714. The molecule has 0 aliphatic carbocycles. The van der Waals surface area contributed by atoms with Crippen LogP contribution in [-0.4, -0.2) is 40.6 Å². The van der Waals surface area contributed by atoms with Crippen LogP contribution in [0.15, 0.2) is 41.5 Å². The van der Waals surface area contributed by atoms with Gasteiger partial charge >= 0.3 is 0 Å². The molecular formula is C19H20N8S. The molecule has 0 amide bonds. The van der Waals surface area contributed by atoms with E-state index in [1.807, 2.05) is 68.8 Å². The summed E-state index contributed by atoms with van der Waals surface area (Å²) in [5, 5.41) is 20.8. The van der Waals surface area contributed by atoms with E-state index in [2.05, 4.69) is 25.5 Å². The Bertz CT molecular complexity index is 1220. The highest BCUT2D eigenvalue weighted by atomic mass is 32.1. The quantitative estimate of drug-likeness (QED) is 0.426. The minimum atomic E-state index is 0.393. The third-order valence-corrected chi connectivity index (χ3v) is 4.75. The van der Waals surface area contributed by atoms with Crippen LogP contribution >= 0.6 is 12.2 Å². The maximum absolute atomic E-state index is 5.35. The number of rotatable bonds is 4. The van der Waals surface area contributed by atoms with Gasteiger partial charge in [-0.05, 0) is 58.1 Å². The van der Waals surface area contributed by atoms with Gasteiger partial charge in [0, 0.05) is 11.3 Å². The Morgan fingerprint density at radius 3 is 2.46 bits per heavy atom. The highest BCUT2D eigenvalue weighted by molar-refractivity contribution is 7.71. The number of hydrogen-bond acceptors (Lipinski definition) is 5. The summed E-state index contributed by atoms with van der Waals surface area (Å²) in [5.41, 5.74) is 5.67. The minimum Gasteiger partial charge on any atom is -0.248 e. The highest BCUT2D eigenvalue weighted by Gasteiger charge is 2.14. The number of benzene rings is 1. The number of nitrogens with one attached hydrogen (secondary N) is 1. The van der Waals surface area contributed by atoms with Gasteiger partial charge < -0.3 is 0 Å². The van der Waals surface area contributed by atoms with Crippen molar-refractivity contribution < 1.29 is 0 Å². The summed E-state index contributed by atoms with van der Waals surface area (Å²) in [7, 11) is 0. The first kappa shape index (κ1) is 18.1. The number of aromatic amines is 1. The van der Waals surface area contributed by atoms with E-state index in [1.54, 1.807) is 15.6 Å². The molecule has 0 atom stereocenters. The smallest absolute Gasteiger partial charge is 0.248 e. The zero-order valence-corrected chi connectivity index (χ0v) is 16.9. The minimum absolute atomic E-state index is 0.393. The molecule has 9 heteroatoms. The highest BCUT2D eigenvalue weighted by Crippen LogP contribution is 2.17. The third kappa shape index (κ3) is 3.09. The average molecular weight is 392 g/mol. The topological polar surface area (TPSA) is 81.6 Å². The molecule has 1 aromatic carbocycles. The Hall–Kier alpha value is -3.33. The van der Waals surface area contributed by atoms with Crippen LogP contribution in [0, 0.1) is 32.5 Å². The molecule has 3 aromatic heterocycles. The first-order valence-corrected chi connectivity index (χ1v) is 9.23. The largest absolute Gasteiger partial charge is 0.271 e. The van der Waals surface area contributed by atoms with Crippen molar-refractivity contribution in [3.63, 3.8) is 0 Å². The number of aromatic nitrogens is 7. The van der Waals surface area contributed by atoms with E-state index >= 15 is 0 Å². The molecule has 4 aromatic rings. The predicted molar refractivity (Wildman–Crippen MR) is 110 cm³/mol. The van der Waals surface area contributed by atoms with Gasteiger partial charge in [0.15, 0.2) is 0 Å². The average Bonchev–Trinajstić information content (AvgIpc) is 3.30. The zero-order valence-electron chi connectivity index (χ0n) is 16.1. The Kier molecular flexibility index (Phi) is 4.52. The molecule has 0 unspecified atom stereocenters. The van der Waals surface area contributed by atoms with Crippen LogP contribution in [0.2, 0.25) is 0 Å². The maximum Gasteiger partial charge on any atom is 0.271 e. The molecule has 8 nitrogen and oxygen atoms in total. The zero-order chi connectivity index (χ0) is 19.8. The van der Waals surface area contributed by atoms with Gasteiger partial charge in [-0.3, -0.25) is 0 Å². The Balaban J connectivity index is 1.76. The van der Waals surface area contributed by atoms with Crippen molar-refractivity contribution in [2.24, 2.45) is 5.10 Å². The molecule has 0 fully saturated rings. The van der Waals surface area contributed by atoms with Gasteiger partial charge in [-0.25, -0.2) is 14.5 Å². The lowest BCUT2D eigenvalue weighted by Crippen LogP contribution is -2.07. The van der Waals surface area contributed by atoms with Crippen LogP contribution in [-0.2, 0) is 0 Å². The predicted octanol–water partition coefficient (Wildman–Crippen LogP) is 3.43. The summed E-state index contributed by atoms with van der Waals surface area (Å²) in [6.45, 7) is 7.88. The SMILES string of the molecule is Cc1cc(C)n(-c2n[nH]c(=S)n2/N=C/c2c(C)nn(-c3ccccc3)c2C)n1. The van der Waals surface area contributed by atoms with Crippen LogP contribution in [0.4, 0.5) is 0 Å². The fraction of sp³-hybridized carbons (Fsp3) is 0.211. The fourth-order valence-corrected chi connectivity index (χ4v) is 3.31. The van der Waals surface area contributed by atoms with Gasteiger partial charge in [-0.2, -0.15) is 20.0 Å². The monoisotopic (exact) mass is 392 g/mol. The molecule has 0 bridgehead atoms. The summed E-state index contributed by atoms with van der Waals surface area (Å²) >= 11 is 5.35. The van der Waals surface area contributed by atoms with E-state index in [9.17, 15) is 0 Å². The van der Waals surface area contributed by atoms with Crippen molar-refractivity contribution in [2.75, 3.05) is 0 Å². The molecule has 3 heterocycles. The maximum atomic E-state index is 5.35. The van der Waals surface area contributed by atoms with Crippen LogP contribution in [0.5, 0.6) is 0 Å². The molecular weight excluding hydrogens is 372 g/mol. The van der Waals surface area contributed by atoms with E-state index in [-0.39, 0.29) is 0 Å². The van der Waals surface area contributed by atoms with Crippen LogP contribution in [0.25, 0.3) is 11.6 Å². The molecule has 4 rings (SSSR count). The number of aryl methyl sites for hydroxylation is 3.